The molecular weight excluding hydrogens is 348 g/mol. The Bertz CT molecular complexity index is 579. The number of halogens is 1. The number of anilines is 2. The van der Waals surface area contributed by atoms with Crippen molar-refractivity contribution in [2.24, 2.45) is 0 Å². The highest BCUT2D eigenvalue weighted by Gasteiger charge is 2.20. The van der Waals surface area contributed by atoms with Crippen molar-refractivity contribution in [3.63, 3.8) is 0 Å². The second-order valence-electron chi connectivity index (χ2n) is 5.10. The molecule has 0 saturated carbocycles. The van der Waals surface area contributed by atoms with Gasteiger partial charge in [0.05, 0.1) is 5.69 Å². The molecule has 2 heterocycles. The van der Waals surface area contributed by atoms with Crippen molar-refractivity contribution < 1.29 is 0 Å². The van der Waals surface area contributed by atoms with E-state index in [4.69, 9.17) is 0 Å². The van der Waals surface area contributed by atoms with Crippen molar-refractivity contribution in [2.75, 3.05) is 43.0 Å². The Morgan fingerprint density at radius 3 is 2.62 bits per heavy atom. The van der Waals surface area contributed by atoms with E-state index in [1.54, 1.807) is 11.3 Å². The van der Waals surface area contributed by atoms with Crippen molar-refractivity contribution in [2.45, 2.75) is 6.54 Å². The molecule has 1 N–H and O–H groups in total. The normalized spacial score (nSPS) is 15.5. The molecule has 1 aliphatic rings. The molecule has 0 unspecified atom stereocenters. The van der Waals surface area contributed by atoms with Gasteiger partial charge in [0.1, 0.15) is 0 Å². The summed E-state index contributed by atoms with van der Waals surface area (Å²) < 4.78 is 1.18. The second kappa shape index (κ2) is 6.77. The van der Waals surface area contributed by atoms with E-state index in [2.05, 4.69) is 54.2 Å². The molecule has 0 spiro atoms. The molecule has 6 heteroatoms. The fourth-order valence-electron chi connectivity index (χ4n) is 2.63. The third-order valence-electron chi connectivity index (χ3n) is 3.70. The topological polar surface area (TPSA) is 31.4 Å². The van der Waals surface area contributed by atoms with Crippen molar-refractivity contribution in [3.05, 3.63) is 39.8 Å². The zero-order valence-electron chi connectivity index (χ0n) is 12.1. The number of hydrogen-bond acceptors (Lipinski definition) is 5. The van der Waals surface area contributed by atoms with Gasteiger partial charge in [-0.05, 0) is 40.7 Å². The zero-order valence-corrected chi connectivity index (χ0v) is 14.5. The van der Waals surface area contributed by atoms with E-state index in [1.165, 1.54) is 15.7 Å². The van der Waals surface area contributed by atoms with Gasteiger partial charge in [0.2, 0.25) is 0 Å². The van der Waals surface area contributed by atoms with Crippen LogP contribution in [0.3, 0.4) is 0 Å². The van der Waals surface area contributed by atoms with Crippen LogP contribution in [-0.4, -0.2) is 38.2 Å². The Balaban J connectivity index is 1.66. The molecular formula is C15H19BrN4S. The minimum atomic E-state index is 0.900. The Labute approximate surface area is 137 Å². The van der Waals surface area contributed by atoms with E-state index in [0.717, 1.165) is 37.9 Å². The molecule has 1 fully saturated rings. The molecule has 0 bridgehead atoms. The maximum atomic E-state index is 4.40. The first-order chi connectivity index (χ1) is 10.3. The van der Waals surface area contributed by atoms with E-state index in [-0.39, 0.29) is 0 Å². The van der Waals surface area contributed by atoms with Crippen molar-refractivity contribution in [1.29, 1.82) is 0 Å². The summed E-state index contributed by atoms with van der Waals surface area (Å²) in [5, 5.41) is 6.36. The lowest BCUT2D eigenvalue weighted by Crippen LogP contribution is -2.46. The van der Waals surface area contributed by atoms with Crippen LogP contribution in [0.5, 0.6) is 0 Å². The lowest BCUT2D eigenvalue weighted by Gasteiger charge is -2.36. The van der Waals surface area contributed by atoms with Gasteiger partial charge in [-0.15, -0.1) is 11.3 Å². The van der Waals surface area contributed by atoms with Gasteiger partial charge in [-0.3, -0.25) is 0 Å². The summed E-state index contributed by atoms with van der Waals surface area (Å²) in [6.07, 6.45) is 1.88. The van der Waals surface area contributed by atoms with Gasteiger partial charge < -0.3 is 15.1 Å². The summed E-state index contributed by atoms with van der Waals surface area (Å²) in [6.45, 7) is 5.01. The maximum Gasteiger partial charge on any atom is 0.185 e. The quantitative estimate of drug-likeness (QED) is 0.901. The number of thiazole rings is 1. The van der Waals surface area contributed by atoms with E-state index in [1.807, 2.05) is 18.6 Å². The van der Waals surface area contributed by atoms with Gasteiger partial charge in [0, 0.05) is 48.8 Å². The molecule has 0 aliphatic carbocycles. The standard InChI is InChI=1S/C15H19BrN4S/c1-17-11-12-2-3-14(13(16)10-12)19-5-7-20(8-6-19)15-18-4-9-21-15/h2-4,9-10,17H,5-8,11H2,1H3. The molecule has 2 aromatic rings. The van der Waals surface area contributed by atoms with Crippen LogP contribution in [0.25, 0.3) is 0 Å². The minimum absolute atomic E-state index is 0.900. The SMILES string of the molecule is CNCc1ccc(N2CCN(c3nccs3)CC2)c(Br)c1. The van der Waals surface area contributed by atoms with Gasteiger partial charge in [-0.25, -0.2) is 4.98 Å². The Kier molecular flexibility index (Phi) is 4.77. The average Bonchev–Trinajstić information content (AvgIpc) is 3.02. The van der Waals surface area contributed by atoms with Gasteiger partial charge in [-0.1, -0.05) is 6.07 Å². The molecule has 0 amide bonds. The highest BCUT2D eigenvalue weighted by Crippen LogP contribution is 2.29. The van der Waals surface area contributed by atoms with Crippen LogP contribution in [-0.2, 0) is 6.54 Å². The van der Waals surface area contributed by atoms with Gasteiger partial charge in [0.25, 0.3) is 0 Å². The lowest BCUT2D eigenvalue weighted by molar-refractivity contribution is 0.651. The first-order valence-corrected chi connectivity index (χ1v) is 8.77. The first-order valence-electron chi connectivity index (χ1n) is 7.10. The van der Waals surface area contributed by atoms with Gasteiger partial charge >= 0.3 is 0 Å². The van der Waals surface area contributed by atoms with Crippen molar-refractivity contribution in [3.8, 4) is 0 Å². The predicted molar refractivity (Wildman–Crippen MR) is 93.4 cm³/mol. The summed E-state index contributed by atoms with van der Waals surface area (Å²) in [5.74, 6) is 0. The zero-order chi connectivity index (χ0) is 14.7. The summed E-state index contributed by atoms with van der Waals surface area (Å²) >= 11 is 5.43. The number of nitrogens with one attached hydrogen (secondary N) is 1. The molecule has 1 aromatic carbocycles. The summed E-state index contributed by atoms with van der Waals surface area (Å²) in [4.78, 5) is 9.20. The minimum Gasteiger partial charge on any atom is -0.367 e. The lowest BCUT2D eigenvalue weighted by atomic mass is 10.2. The molecule has 1 saturated heterocycles. The molecule has 1 aliphatic heterocycles. The monoisotopic (exact) mass is 366 g/mol. The number of piperazine rings is 1. The summed E-state index contributed by atoms with van der Waals surface area (Å²) in [7, 11) is 1.97. The second-order valence-corrected chi connectivity index (χ2v) is 6.83. The van der Waals surface area contributed by atoms with Gasteiger partial charge in [-0.2, -0.15) is 0 Å². The number of nitrogens with zero attached hydrogens (tertiary/aromatic N) is 3. The van der Waals surface area contributed by atoms with E-state index in [0.29, 0.717) is 0 Å². The Morgan fingerprint density at radius 2 is 2.00 bits per heavy atom. The van der Waals surface area contributed by atoms with Gasteiger partial charge in [0.15, 0.2) is 5.13 Å². The highest BCUT2D eigenvalue weighted by molar-refractivity contribution is 9.10. The van der Waals surface area contributed by atoms with Crippen molar-refractivity contribution in [1.82, 2.24) is 10.3 Å². The number of hydrogen-bond donors (Lipinski definition) is 1. The third kappa shape index (κ3) is 3.39. The first kappa shape index (κ1) is 14.8. The third-order valence-corrected chi connectivity index (χ3v) is 5.17. The Morgan fingerprint density at radius 1 is 1.24 bits per heavy atom. The summed E-state index contributed by atoms with van der Waals surface area (Å²) in [5.41, 5.74) is 2.59. The molecule has 112 valence electrons. The van der Waals surface area contributed by atoms with Crippen LogP contribution >= 0.6 is 27.3 Å². The highest BCUT2D eigenvalue weighted by atomic mass is 79.9. The number of benzene rings is 1. The predicted octanol–water partition coefficient (Wildman–Crippen LogP) is 2.95. The number of aromatic nitrogens is 1. The van der Waals surface area contributed by atoms with E-state index in [9.17, 15) is 0 Å². The number of rotatable bonds is 4. The Hall–Kier alpha value is -1.11. The average molecular weight is 367 g/mol. The molecule has 3 rings (SSSR count). The van der Waals surface area contributed by atoms with E-state index >= 15 is 0 Å². The molecule has 0 radical (unpaired) electrons. The van der Waals surface area contributed by atoms with Crippen LogP contribution in [0.1, 0.15) is 5.56 Å². The van der Waals surface area contributed by atoms with Crippen LogP contribution in [0.4, 0.5) is 10.8 Å². The van der Waals surface area contributed by atoms with Crippen molar-refractivity contribution >= 4 is 38.1 Å². The molecule has 4 nitrogen and oxygen atoms in total. The molecule has 1 aromatic heterocycles. The van der Waals surface area contributed by atoms with Crippen LogP contribution < -0.4 is 15.1 Å². The smallest absolute Gasteiger partial charge is 0.185 e. The molecule has 0 atom stereocenters. The van der Waals surface area contributed by atoms with Crippen LogP contribution in [0, 0.1) is 0 Å². The maximum absolute atomic E-state index is 4.40. The fraction of sp³-hybridized carbons (Fsp3) is 0.400. The van der Waals surface area contributed by atoms with Crippen LogP contribution in [0.15, 0.2) is 34.2 Å². The fourth-order valence-corrected chi connectivity index (χ4v) is 4.01. The van der Waals surface area contributed by atoms with E-state index < -0.39 is 0 Å². The summed E-state index contributed by atoms with van der Waals surface area (Å²) in [6, 6.07) is 6.62. The largest absolute Gasteiger partial charge is 0.367 e. The molecule has 21 heavy (non-hydrogen) atoms. The van der Waals surface area contributed by atoms with Crippen LogP contribution in [0.2, 0.25) is 0 Å².